The molecule has 0 unspecified atom stereocenters. The zero-order valence-electron chi connectivity index (χ0n) is 18.1. The Morgan fingerprint density at radius 1 is 0.824 bits per heavy atom. The number of para-hydroxylation sites is 1. The Hall–Kier alpha value is -4.72. The number of ketones is 1. The summed E-state index contributed by atoms with van der Waals surface area (Å²) in [5.74, 6) is 0.453. The first-order valence-electron chi connectivity index (χ1n) is 10.4. The normalized spacial score (nSPS) is 10.9. The molecule has 0 aliphatic carbocycles. The van der Waals surface area contributed by atoms with E-state index in [9.17, 15) is 9.59 Å². The van der Waals surface area contributed by atoms with Crippen molar-refractivity contribution >= 4 is 22.8 Å². The van der Waals surface area contributed by atoms with Crippen LogP contribution in [0, 0.1) is 0 Å². The van der Waals surface area contributed by atoms with Crippen LogP contribution < -0.4 is 4.74 Å². The lowest BCUT2D eigenvalue weighted by atomic mass is 10.1. The van der Waals surface area contributed by atoms with Crippen molar-refractivity contribution < 1.29 is 27.9 Å². The molecule has 0 saturated carbocycles. The lowest BCUT2D eigenvalue weighted by Crippen LogP contribution is -2.15. The fourth-order valence-corrected chi connectivity index (χ4v) is 3.52. The summed E-state index contributed by atoms with van der Waals surface area (Å²) in [4.78, 5) is 34.5. The van der Waals surface area contributed by atoms with Crippen LogP contribution >= 0.6 is 0 Å². The molecule has 0 amide bonds. The molecular weight excluding hydrogens is 436 g/mol. The van der Waals surface area contributed by atoms with Crippen molar-refractivity contribution in [2.45, 2.75) is 0 Å². The number of Topliss-reactive ketones (excluding diaryl/α,β-unsaturated/α-hetero) is 1. The van der Waals surface area contributed by atoms with Gasteiger partial charge in [0.1, 0.15) is 17.1 Å². The highest BCUT2D eigenvalue weighted by atomic mass is 16.5. The molecule has 5 aromatic rings. The maximum Gasteiger partial charge on any atom is 0.338 e. The Kier molecular flexibility index (Phi) is 5.61. The molecule has 0 spiro atoms. The van der Waals surface area contributed by atoms with E-state index in [4.69, 9.17) is 18.3 Å². The van der Waals surface area contributed by atoms with Crippen molar-refractivity contribution in [1.82, 2.24) is 9.97 Å². The number of hydrogen-bond acceptors (Lipinski definition) is 8. The van der Waals surface area contributed by atoms with Crippen molar-refractivity contribution in [3.63, 3.8) is 0 Å². The summed E-state index contributed by atoms with van der Waals surface area (Å²) in [7, 11) is 1.47. The number of aromatic nitrogens is 2. The van der Waals surface area contributed by atoms with E-state index >= 15 is 0 Å². The van der Waals surface area contributed by atoms with Crippen LogP contribution in [-0.4, -0.2) is 35.4 Å². The first kappa shape index (κ1) is 21.1. The number of furan rings is 2. The fraction of sp³-hybridized carbons (Fsp3) is 0.0769. The van der Waals surface area contributed by atoms with E-state index in [2.05, 4.69) is 9.97 Å². The Morgan fingerprint density at radius 3 is 2.15 bits per heavy atom. The van der Waals surface area contributed by atoms with E-state index in [-0.39, 0.29) is 11.3 Å². The maximum atomic E-state index is 12.7. The highest BCUT2D eigenvalue weighted by molar-refractivity contribution is 6.02. The minimum absolute atomic E-state index is 0.241. The molecule has 8 heteroatoms. The molecule has 3 heterocycles. The zero-order valence-corrected chi connectivity index (χ0v) is 18.1. The number of carbonyl (C=O) groups excluding carboxylic acids is 2. The lowest BCUT2D eigenvalue weighted by Gasteiger charge is -2.09. The fourth-order valence-electron chi connectivity index (χ4n) is 3.52. The average molecular weight is 454 g/mol. The van der Waals surface area contributed by atoms with Crippen LogP contribution in [0.25, 0.3) is 33.9 Å². The SMILES string of the molecule is COc1ccccc1C(=O)COC(=O)c1ccc2nc(-c3ccco3)c(-c3ccco3)nc2c1. The molecule has 0 atom stereocenters. The van der Waals surface area contributed by atoms with Gasteiger partial charge in [-0.3, -0.25) is 4.79 Å². The molecule has 168 valence electrons. The summed E-state index contributed by atoms with van der Waals surface area (Å²) < 4.78 is 21.5. The Labute approximate surface area is 193 Å². The molecule has 5 rings (SSSR count). The predicted octanol–water partition coefficient (Wildman–Crippen LogP) is 5.20. The number of nitrogens with zero attached hydrogens (tertiary/aromatic N) is 2. The van der Waals surface area contributed by atoms with Gasteiger partial charge in [0.05, 0.1) is 41.8 Å². The van der Waals surface area contributed by atoms with E-state index in [1.165, 1.54) is 7.11 Å². The highest BCUT2D eigenvalue weighted by Gasteiger charge is 2.19. The molecule has 0 radical (unpaired) electrons. The quantitative estimate of drug-likeness (QED) is 0.244. The van der Waals surface area contributed by atoms with Gasteiger partial charge in [-0.25, -0.2) is 14.8 Å². The molecule has 0 aliphatic rings. The molecule has 0 N–H and O–H groups in total. The second-order valence-corrected chi connectivity index (χ2v) is 7.28. The number of benzene rings is 2. The van der Waals surface area contributed by atoms with Gasteiger partial charge >= 0.3 is 5.97 Å². The molecule has 0 bridgehead atoms. The Morgan fingerprint density at radius 2 is 1.50 bits per heavy atom. The minimum Gasteiger partial charge on any atom is -0.496 e. The summed E-state index contributed by atoms with van der Waals surface area (Å²) in [5, 5.41) is 0. The van der Waals surface area contributed by atoms with E-state index in [1.807, 2.05) is 0 Å². The summed E-state index contributed by atoms with van der Waals surface area (Å²) in [5.41, 5.74) is 2.60. The summed E-state index contributed by atoms with van der Waals surface area (Å²) in [6.45, 7) is -0.419. The first-order chi connectivity index (χ1) is 16.6. The molecule has 0 aliphatic heterocycles. The van der Waals surface area contributed by atoms with Gasteiger partial charge in [-0.2, -0.15) is 0 Å². The van der Waals surface area contributed by atoms with Crippen LogP contribution in [0.3, 0.4) is 0 Å². The monoisotopic (exact) mass is 454 g/mol. The van der Waals surface area contributed by atoms with Crippen molar-refractivity contribution in [1.29, 1.82) is 0 Å². The predicted molar refractivity (Wildman–Crippen MR) is 123 cm³/mol. The number of carbonyl (C=O) groups is 2. The molecule has 0 fully saturated rings. The third kappa shape index (κ3) is 4.04. The molecule has 0 saturated heterocycles. The second-order valence-electron chi connectivity index (χ2n) is 7.28. The van der Waals surface area contributed by atoms with Crippen LogP contribution in [0.4, 0.5) is 0 Å². The van der Waals surface area contributed by atoms with E-state index in [1.54, 1.807) is 79.3 Å². The van der Waals surface area contributed by atoms with Gasteiger partial charge in [0.2, 0.25) is 5.78 Å². The van der Waals surface area contributed by atoms with Gasteiger partial charge in [0.15, 0.2) is 18.1 Å². The summed E-state index contributed by atoms with van der Waals surface area (Å²) in [6.07, 6.45) is 3.10. The van der Waals surface area contributed by atoms with Crippen LogP contribution in [0.5, 0.6) is 5.75 Å². The Bertz CT molecular complexity index is 1470. The van der Waals surface area contributed by atoms with Crippen molar-refractivity contribution in [3.8, 4) is 28.7 Å². The number of rotatable bonds is 7. The maximum absolute atomic E-state index is 12.7. The van der Waals surface area contributed by atoms with Crippen molar-refractivity contribution in [2.24, 2.45) is 0 Å². The topological polar surface area (TPSA) is 105 Å². The van der Waals surface area contributed by atoms with Crippen LogP contribution in [0.2, 0.25) is 0 Å². The molecule has 8 nitrogen and oxygen atoms in total. The summed E-state index contributed by atoms with van der Waals surface area (Å²) >= 11 is 0. The smallest absolute Gasteiger partial charge is 0.338 e. The minimum atomic E-state index is -0.651. The number of hydrogen-bond donors (Lipinski definition) is 0. The van der Waals surface area contributed by atoms with Gasteiger partial charge < -0.3 is 18.3 Å². The van der Waals surface area contributed by atoms with E-state index < -0.39 is 12.6 Å². The van der Waals surface area contributed by atoms with Gasteiger partial charge in [-0.05, 0) is 54.6 Å². The third-order valence-corrected chi connectivity index (χ3v) is 5.15. The van der Waals surface area contributed by atoms with Gasteiger partial charge in [0, 0.05) is 0 Å². The van der Waals surface area contributed by atoms with Crippen LogP contribution in [0.1, 0.15) is 20.7 Å². The first-order valence-corrected chi connectivity index (χ1v) is 10.4. The van der Waals surface area contributed by atoms with E-state index in [0.717, 1.165) is 0 Å². The molecular formula is C26H18N2O6. The van der Waals surface area contributed by atoms with Gasteiger partial charge in [-0.15, -0.1) is 0 Å². The summed E-state index contributed by atoms with van der Waals surface area (Å²) in [6, 6.07) is 18.6. The molecule has 3 aromatic heterocycles. The van der Waals surface area contributed by atoms with E-state index in [0.29, 0.717) is 45.3 Å². The zero-order chi connectivity index (χ0) is 23.5. The standard InChI is InChI=1S/C26H18N2O6/c1-31-21-7-3-2-6-17(21)20(29)15-34-26(30)16-10-11-18-19(14-16)28-25(23-9-5-13-33-23)24(27-18)22-8-4-12-32-22/h2-14H,15H2,1H3. The van der Waals surface area contributed by atoms with Crippen molar-refractivity contribution in [3.05, 3.63) is 90.4 Å². The van der Waals surface area contributed by atoms with Gasteiger partial charge in [-0.1, -0.05) is 12.1 Å². The number of esters is 1. The largest absolute Gasteiger partial charge is 0.496 e. The number of methoxy groups -OCH3 is 1. The number of fused-ring (bicyclic) bond motifs is 1. The van der Waals surface area contributed by atoms with Crippen LogP contribution in [-0.2, 0) is 4.74 Å². The van der Waals surface area contributed by atoms with Crippen LogP contribution in [0.15, 0.2) is 88.1 Å². The highest BCUT2D eigenvalue weighted by Crippen LogP contribution is 2.31. The molecule has 34 heavy (non-hydrogen) atoms. The second kappa shape index (κ2) is 9.03. The van der Waals surface area contributed by atoms with Crippen molar-refractivity contribution in [2.75, 3.05) is 13.7 Å². The average Bonchev–Trinajstić information content (AvgIpc) is 3.61. The Balaban J connectivity index is 1.43. The third-order valence-electron chi connectivity index (χ3n) is 5.15. The van der Waals surface area contributed by atoms with Gasteiger partial charge in [0.25, 0.3) is 0 Å². The number of ether oxygens (including phenoxy) is 2. The lowest BCUT2D eigenvalue weighted by molar-refractivity contribution is 0.0474. The molecule has 2 aromatic carbocycles.